The quantitative estimate of drug-likeness (QED) is 0.298. The summed E-state index contributed by atoms with van der Waals surface area (Å²) in [6.07, 6.45) is 0. The van der Waals surface area contributed by atoms with Crippen molar-refractivity contribution in [1.29, 1.82) is 0 Å². The first-order valence-electron chi connectivity index (χ1n) is 2.58. The molecule has 0 aliphatic rings. The Hall–Kier alpha value is 0.01000. The van der Waals surface area contributed by atoms with Crippen molar-refractivity contribution in [3.8, 4) is 0 Å². The van der Waals surface area contributed by atoms with Gasteiger partial charge in [0.05, 0.1) is 14.1 Å². The van der Waals surface area contributed by atoms with Crippen molar-refractivity contribution in [2.75, 3.05) is 26.6 Å². The third-order valence-electron chi connectivity index (χ3n) is 0.887. The molecule has 0 aliphatic heterocycles. The summed E-state index contributed by atoms with van der Waals surface area (Å²) in [7, 11) is 3.53. The fourth-order valence-corrected chi connectivity index (χ4v) is 0.493. The molecular formula is C5H11Cl2NO2. The van der Waals surface area contributed by atoms with E-state index in [2.05, 4.69) is 0 Å². The fraction of sp³-hybridized carbons (Fsp3) is 0.800. The number of alkyl halides is 1. The number of likely N-dealkylation sites (N-methyl/N-ethyl adjacent to an activating group) is 1. The number of nitrogens with zero attached hydrogens (tertiary/aromatic N) is 1. The maximum atomic E-state index is 10.1. The van der Waals surface area contributed by atoms with Crippen LogP contribution in [-0.4, -0.2) is 42.2 Å². The molecular weight excluding hydrogens is 177 g/mol. The Morgan fingerprint density at radius 1 is 1.60 bits per heavy atom. The number of carboxylic acids is 1. The van der Waals surface area contributed by atoms with E-state index in [1.165, 1.54) is 0 Å². The number of halogens is 2. The van der Waals surface area contributed by atoms with Crippen molar-refractivity contribution < 1.29 is 26.8 Å². The highest BCUT2D eigenvalue weighted by atomic mass is 35.5. The van der Waals surface area contributed by atoms with Crippen LogP contribution in [0.15, 0.2) is 0 Å². The monoisotopic (exact) mass is 187 g/mol. The van der Waals surface area contributed by atoms with Crippen LogP contribution in [0.3, 0.4) is 0 Å². The van der Waals surface area contributed by atoms with Crippen LogP contribution in [-0.2, 0) is 4.79 Å². The van der Waals surface area contributed by atoms with Gasteiger partial charge in [-0.2, -0.15) is 0 Å². The Bertz CT molecular complexity index is 116. The standard InChI is InChI=1S/C5H10ClNO2.ClH/c1-7(2,4-6)3-5(8)9;/h3-4H2,1-2H3;1H. The van der Waals surface area contributed by atoms with Crippen molar-refractivity contribution in [1.82, 2.24) is 0 Å². The molecule has 5 heteroatoms. The lowest BCUT2D eigenvalue weighted by molar-refractivity contribution is -0.871. The molecule has 0 amide bonds. The summed E-state index contributed by atoms with van der Waals surface area (Å²) < 4.78 is 0.316. The van der Waals surface area contributed by atoms with Crippen LogP contribution < -0.4 is 12.4 Å². The molecule has 0 saturated carbocycles. The van der Waals surface area contributed by atoms with Gasteiger partial charge >= 0.3 is 5.97 Å². The number of hydrogen-bond acceptors (Lipinski definition) is 1. The highest BCUT2D eigenvalue weighted by Gasteiger charge is 2.16. The van der Waals surface area contributed by atoms with E-state index in [1.54, 1.807) is 14.1 Å². The summed E-state index contributed by atoms with van der Waals surface area (Å²) in [5.41, 5.74) is 0. The summed E-state index contributed by atoms with van der Waals surface area (Å²) in [4.78, 5) is 10.1. The van der Waals surface area contributed by atoms with Crippen LogP contribution in [0.25, 0.3) is 0 Å². The predicted molar refractivity (Wildman–Crippen MR) is 35.3 cm³/mol. The van der Waals surface area contributed by atoms with Crippen LogP contribution >= 0.6 is 11.6 Å². The summed E-state index contributed by atoms with van der Waals surface area (Å²) in [6.45, 7) is 0.0729. The van der Waals surface area contributed by atoms with Gasteiger partial charge in [0.1, 0.15) is 0 Å². The molecule has 0 saturated heterocycles. The molecule has 0 atom stereocenters. The number of aliphatic carboxylic acids is 1. The van der Waals surface area contributed by atoms with E-state index in [-0.39, 0.29) is 19.0 Å². The molecule has 3 nitrogen and oxygen atoms in total. The Morgan fingerprint density at radius 2 is 2.00 bits per heavy atom. The number of rotatable bonds is 3. The summed E-state index contributed by atoms with van der Waals surface area (Å²) in [5, 5.41) is 8.31. The van der Waals surface area contributed by atoms with Crippen LogP contribution in [0.4, 0.5) is 0 Å². The molecule has 0 aromatic carbocycles. The lowest BCUT2D eigenvalue weighted by atomic mass is 10.5. The molecule has 1 N–H and O–H groups in total. The van der Waals surface area contributed by atoms with Crippen molar-refractivity contribution in [3.05, 3.63) is 0 Å². The van der Waals surface area contributed by atoms with E-state index in [9.17, 15) is 4.79 Å². The number of carbonyl (C=O) groups is 1. The normalized spacial score (nSPS) is 10.3. The fourth-order valence-electron chi connectivity index (χ4n) is 0.408. The molecule has 0 rings (SSSR count). The first-order valence-corrected chi connectivity index (χ1v) is 3.11. The van der Waals surface area contributed by atoms with Gasteiger partial charge in [-0.15, -0.1) is 0 Å². The molecule has 0 aliphatic carbocycles. The number of hydrogen-bond donors (Lipinski definition) is 1. The van der Waals surface area contributed by atoms with E-state index < -0.39 is 5.97 Å². The zero-order chi connectivity index (χ0) is 7.49. The maximum Gasteiger partial charge on any atom is 0.359 e. The Morgan fingerprint density at radius 3 is 2.10 bits per heavy atom. The van der Waals surface area contributed by atoms with Crippen molar-refractivity contribution in [2.45, 2.75) is 0 Å². The SMILES string of the molecule is C[N+](C)(CCl)CC(=O)O.[Cl-]. The van der Waals surface area contributed by atoms with Gasteiger partial charge in [-0.05, 0) is 0 Å². The molecule has 0 unspecified atom stereocenters. The van der Waals surface area contributed by atoms with E-state index in [4.69, 9.17) is 16.7 Å². The average molecular weight is 188 g/mol. The van der Waals surface area contributed by atoms with Crippen LogP contribution in [0, 0.1) is 0 Å². The second-order valence-electron chi connectivity index (χ2n) is 2.61. The highest BCUT2D eigenvalue weighted by Crippen LogP contribution is 1.97. The van der Waals surface area contributed by atoms with Gasteiger partial charge in [-0.25, -0.2) is 4.79 Å². The lowest BCUT2D eigenvalue weighted by Gasteiger charge is -2.23. The lowest BCUT2D eigenvalue weighted by Crippen LogP contribution is -3.00. The van der Waals surface area contributed by atoms with Gasteiger partial charge < -0.3 is 22.0 Å². The Balaban J connectivity index is 0. The number of carboxylic acid groups (broad SMARTS) is 1. The molecule has 0 fully saturated rings. The third-order valence-corrected chi connectivity index (χ3v) is 1.53. The minimum Gasteiger partial charge on any atom is -1.00 e. The van der Waals surface area contributed by atoms with E-state index in [0.29, 0.717) is 10.5 Å². The van der Waals surface area contributed by atoms with Crippen LogP contribution in [0.1, 0.15) is 0 Å². The van der Waals surface area contributed by atoms with Crippen LogP contribution in [0.2, 0.25) is 0 Å². The molecule has 10 heavy (non-hydrogen) atoms. The average Bonchev–Trinajstić information content (AvgIpc) is 1.63. The van der Waals surface area contributed by atoms with E-state index >= 15 is 0 Å². The third kappa shape index (κ3) is 6.13. The molecule has 0 bridgehead atoms. The van der Waals surface area contributed by atoms with Gasteiger partial charge in [0, 0.05) is 0 Å². The molecule has 62 valence electrons. The molecule has 0 aromatic rings. The highest BCUT2D eigenvalue weighted by molar-refractivity contribution is 6.17. The first-order chi connectivity index (χ1) is 3.98. The minimum atomic E-state index is -0.819. The van der Waals surface area contributed by atoms with Gasteiger partial charge in [0.25, 0.3) is 0 Å². The van der Waals surface area contributed by atoms with Crippen molar-refractivity contribution in [3.63, 3.8) is 0 Å². The Kier molecular flexibility index (Phi) is 6.04. The van der Waals surface area contributed by atoms with Crippen molar-refractivity contribution in [2.24, 2.45) is 0 Å². The van der Waals surface area contributed by atoms with Gasteiger partial charge in [0.2, 0.25) is 0 Å². The summed E-state index contributed by atoms with van der Waals surface area (Å²) in [5.74, 6) is -0.819. The molecule has 0 radical (unpaired) electrons. The smallest absolute Gasteiger partial charge is 0.359 e. The molecule has 0 heterocycles. The first kappa shape index (κ1) is 12.7. The molecule has 0 aromatic heterocycles. The van der Waals surface area contributed by atoms with Crippen molar-refractivity contribution >= 4 is 17.6 Å². The Labute approximate surface area is 71.6 Å². The van der Waals surface area contributed by atoms with E-state index in [0.717, 1.165) is 0 Å². The predicted octanol–water partition coefficient (Wildman–Crippen LogP) is -2.65. The topological polar surface area (TPSA) is 37.3 Å². The second-order valence-corrected chi connectivity index (χ2v) is 2.85. The zero-order valence-electron chi connectivity index (χ0n) is 5.97. The zero-order valence-corrected chi connectivity index (χ0v) is 7.48. The summed E-state index contributed by atoms with van der Waals surface area (Å²) >= 11 is 5.45. The van der Waals surface area contributed by atoms with Gasteiger partial charge in [-0.1, -0.05) is 11.6 Å². The largest absolute Gasteiger partial charge is 1.00 e. The van der Waals surface area contributed by atoms with E-state index in [1.807, 2.05) is 0 Å². The second kappa shape index (κ2) is 4.77. The molecule has 0 spiro atoms. The summed E-state index contributed by atoms with van der Waals surface area (Å²) in [6, 6.07) is 0.326. The maximum absolute atomic E-state index is 10.1. The minimum absolute atomic E-state index is 0. The number of quaternary nitrogens is 1. The van der Waals surface area contributed by atoms with Gasteiger partial charge in [-0.3, -0.25) is 0 Å². The van der Waals surface area contributed by atoms with Gasteiger partial charge in [0.15, 0.2) is 12.5 Å². The van der Waals surface area contributed by atoms with Crippen LogP contribution in [0.5, 0.6) is 0 Å².